The zero-order chi connectivity index (χ0) is 8.20. The highest BCUT2D eigenvalue weighted by molar-refractivity contribution is 5.67. The minimum Gasteiger partial charge on any atom is -0.450 e. The summed E-state index contributed by atoms with van der Waals surface area (Å²) in [6.45, 7) is 7.92. The molecule has 1 amide bonds. The fourth-order valence-corrected chi connectivity index (χ4v) is 0.473. The summed E-state index contributed by atoms with van der Waals surface area (Å²) in [5, 5.41) is 2.66. The predicted octanol–water partition coefficient (Wildman–Crippen LogP) is 1.53. The van der Waals surface area contributed by atoms with E-state index in [1.54, 1.807) is 6.92 Å². The number of hydrogen-bond acceptors (Lipinski definition) is 2. The van der Waals surface area contributed by atoms with E-state index in [1.165, 1.54) is 0 Å². The lowest BCUT2D eigenvalue weighted by Crippen LogP contribution is -2.40. The molecule has 0 atom stereocenters. The maximum absolute atomic E-state index is 10.7. The molecule has 0 unspecified atom stereocenters. The lowest BCUT2D eigenvalue weighted by Gasteiger charge is -2.19. The van der Waals surface area contributed by atoms with Crippen LogP contribution in [0.3, 0.4) is 0 Å². The molecule has 10 heavy (non-hydrogen) atoms. The Morgan fingerprint density at radius 3 is 2.30 bits per heavy atom. The van der Waals surface area contributed by atoms with E-state index in [-0.39, 0.29) is 11.6 Å². The first-order valence-electron chi connectivity index (χ1n) is 3.40. The molecule has 0 aromatic carbocycles. The van der Waals surface area contributed by atoms with E-state index in [2.05, 4.69) is 10.1 Å². The van der Waals surface area contributed by atoms with E-state index in [9.17, 15) is 4.79 Å². The number of carbonyl (C=O) groups is 1. The molecule has 0 heterocycles. The van der Waals surface area contributed by atoms with E-state index < -0.39 is 0 Å². The maximum Gasteiger partial charge on any atom is 0.407 e. The summed E-state index contributed by atoms with van der Waals surface area (Å²) in [7, 11) is 0. The molecule has 0 aromatic heterocycles. The fourth-order valence-electron chi connectivity index (χ4n) is 0.473. The number of alkyl carbamates (subject to hydrolysis) is 1. The van der Waals surface area contributed by atoms with Gasteiger partial charge in [-0.25, -0.2) is 4.79 Å². The largest absolute Gasteiger partial charge is 0.450 e. The van der Waals surface area contributed by atoms with Gasteiger partial charge in [0.2, 0.25) is 0 Å². The van der Waals surface area contributed by atoms with Gasteiger partial charge in [-0.2, -0.15) is 0 Å². The number of carbonyl (C=O) groups excluding carboxylic acids is 1. The Balaban J connectivity index is 3.58. The molecule has 0 spiro atoms. The van der Waals surface area contributed by atoms with Crippen LogP contribution in [-0.2, 0) is 4.74 Å². The predicted molar refractivity (Wildman–Crippen MR) is 39.9 cm³/mol. The van der Waals surface area contributed by atoms with Crippen LogP contribution in [0.1, 0.15) is 27.7 Å². The third-order valence-electron chi connectivity index (χ3n) is 0.752. The molecule has 3 nitrogen and oxygen atoms in total. The minimum atomic E-state index is -0.352. The topological polar surface area (TPSA) is 38.3 Å². The minimum absolute atomic E-state index is 0.202. The van der Waals surface area contributed by atoms with Gasteiger partial charge in [-0.15, -0.1) is 0 Å². The van der Waals surface area contributed by atoms with Gasteiger partial charge in [-0.05, 0) is 27.7 Å². The second-order valence-corrected chi connectivity index (χ2v) is 3.10. The van der Waals surface area contributed by atoms with Crippen molar-refractivity contribution in [2.75, 3.05) is 6.61 Å². The Morgan fingerprint density at radius 1 is 1.50 bits per heavy atom. The van der Waals surface area contributed by atoms with E-state index in [0.717, 1.165) is 0 Å². The van der Waals surface area contributed by atoms with Crippen molar-refractivity contribution in [1.82, 2.24) is 5.32 Å². The first-order chi connectivity index (χ1) is 4.45. The fraction of sp³-hybridized carbons (Fsp3) is 0.857. The Morgan fingerprint density at radius 2 is 2.00 bits per heavy atom. The quantitative estimate of drug-likeness (QED) is 0.607. The van der Waals surface area contributed by atoms with E-state index in [1.807, 2.05) is 20.8 Å². The maximum atomic E-state index is 10.7. The van der Waals surface area contributed by atoms with Crippen molar-refractivity contribution < 1.29 is 9.53 Å². The molecular formula is C7H15NO2. The van der Waals surface area contributed by atoms with Crippen molar-refractivity contribution in [3.8, 4) is 0 Å². The highest BCUT2D eigenvalue weighted by Gasteiger charge is 2.13. The van der Waals surface area contributed by atoms with Crippen LogP contribution < -0.4 is 5.32 Å². The van der Waals surface area contributed by atoms with Crippen molar-refractivity contribution >= 4 is 6.09 Å². The second kappa shape index (κ2) is 3.44. The highest BCUT2D eigenvalue weighted by atomic mass is 16.5. The molecule has 1 N–H and O–H groups in total. The van der Waals surface area contributed by atoms with Gasteiger partial charge < -0.3 is 10.1 Å². The molecule has 0 rings (SSSR count). The Hall–Kier alpha value is -0.730. The number of amides is 1. The number of ether oxygens (including phenoxy) is 1. The highest BCUT2D eigenvalue weighted by Crippen LogP contribution is 1.98. The molecule has 0 bridgehead atoms. The van der Waals surface area contributed by atoms with Gasteiger partial charge in [-0.1, -0.05) is 0 Å². The SMILES string of the molecule is CCOC(=O)NC(C)(C)C. The van der Waals surface area contributed by atoms with Gasteiger partial charge >= 0.3 is 6.09 Å². The van der Waals surface area contributed by atoms with Crippen molar-refractivity contribution in [1.29, 1.82) is 0 Å². The van der Waals surface area contributed by atoms with Gasteiger partial charge in [-0.3, -0.25) is 0 Å². The monoisotopic (exact) mass is 145 g/mol. The molecule has 3 heteroatoms. The molecule has 0 saturated carbocycles. The first kappa shape index (κ1) is 9.27. The van der Waals surface area contributed by atoms with Crippen LogP contribution >= 0.6 is 0 Å². The van der Waals surface area contributed by atoms with Crippen LogP contribution in [0, 0.1) is 0 Å². The molecule has 0 radical (unpaired) electrons. The van der Waals surface area contributed by atoms with E-state index >= 15 is 0 Å². The number of hydrogen-bond donors (Lipinski definition) is 1. The average Bonchev–Trinajstić information content (AvgIpc) is 1.59. The summed E-state index contributed by atoms with van der Waals surface area (Å²) in [5.41, 5.74) is -0.202. The van der Waals surface area contributed by atoms with Gasteiger partial charge in [0.25, 0.3) is 0 Å². The summed E-state index contributed by atoms with van der Waals surface area (Å²) in [4.78, 5) is 10.7. The molecule has 0 aliphatic carbocycles. The summed E-state index contributed by atoms with van der Waals surface area (Å²) in [6.07, 6.45) is -0.352. The summed E-state index contributed by atoms with van der Waals surface area (Å²) < 4.78 is 4.67. The van der Waals surface area contributed by atoms with E-state index in [0.29, 0.717) is 6.61 Å². The van der Waals surface area contributed by atoms with Crippen molar-refractivity contribution in [2.45, 2.75) is 33.2 Å². The van der Waals surface area contributed by atoms with Crippen LogP contribution in [0.5, 0.6) is 0 Å². The summed E-state index contributed by atoms with van der Waals surface area (Å²) in [5.74, 6) is 0. The lowest BCUT2D eigenvalue weighted by atomic mass is 10.1. The summed E-state index contributed by atoms with van der Waals surface area (Å²) >= 11 is 0. The Kier molecular flexibility index (Phi) is 3.19. The molecule has 0 fully saturated rings. The summed E-state index contributed by atoms with van der Waals surface area (Å²) in [6, 6.07) is 0. The van der Waals surface area contributed by atoms with Gasteiger partial charge in [0, 0.05) is 5.54 Å². The molecule has 0 aliphatic heterocycles. The van der Waals surface area contributed by atoms with Crippen LogP contribution in [-0.4, -0.2) is 18.2 Å². The van der Waals surface area contributed by atoms with Crippen molar-refractivity contribution in [2.24, 2.45) is 0 Å². The standard InChI is InChI=1S/C7H15NO2/c1-5-10-6(9)8-7(2,3)4/h5H2,1-4H3,(H,8,9). The van der Waals surface area contributed by atoms with E-state index in [4.69, 9.17) is 0 Å². The average molecular weight is 145 g/mol. The second-order valence-electron chi connectivity index (χ2n) is 3.10. The number of nitrogens with one attached hydrogen (secondary N) is 1. The zero-order valence-electron chi connectivity index (χ0n) is 7.02. The van der Waals surface area contributed by atoms with Gasteiger partial charge in [0.15, 0.2) is 0 Å². The third-order valence-corrected chi connectivity index (χ3v) is 0.752. The van der Waals surface area contributed by atoms with Gasteiger partial charge in [0.05, 0.1) is 6.61 Å². The zero-order valence-corrected chi connectivity index (χ0v) is 7.02. The molecule has 0 aromatic rings. The van der Waals surface area contributed by atoms with Crippen LogP contribution in [0.15, 0.2) is 0 Å². The molecule has 0 saturated heterocycles. The first-order valence-corrected chi connectivity index (χ1v) is 3.40. The van der Waals surface area contributed by atoms with Crippen molar-refractivity contribution in [3.05, 3.63) is 0 Å². The molecular weight excluding hydrogens is 130 g/mol. The Labute approximate surface area is 61.8 Å². The molecule has 60 valence electrons. The molecule has 0 aliphatic rings. The number of rotatable bonds is 1. The normalized spacial score (nSPS) is 10.8. The Bertz CT molecular complexity index is 115. The third kappa shape index (κ3) is 5.41. The smallest absolute Gasteiger partial charge is 0.407 e. The lowest BCUT2D eigenvalue weighted by molar-refractivity contribution is 0.143. The van der Waals surface area contributed by atoms with Crippen molar-refractivity contribution in [3.63, 3.8) is 0 Å². The van der Waals surface area contributed by atoms with Crippen LogP contribution in [0.2, 0.25) is 0 Å². The van der Waals surface area contributed by atoms with Crippen LogP contribution in [0.4, 0.5) is 4.79 Å². The van der Waals surface area contributed by atoms with Crippen LogP contribution in [0.25, 0.3) is 0 Å². The van der Waals surface area contributed by atoms with Gasteiger partial charge in [0.1, 0.15) is 0 Å².